The molecule has 7 fully saturated rings. The number of carbonyl (C=O) groups excluding carboxylic acids is 2. The molecule has 8 aliphatic rings. The van der Waals surface area contributed by atoms with Crippen molar-refractivity contribution in [3.05, 3.63) is 11.6 Å². The van der Waals surface area contributed by atoms with Crippen LogP contribution >= 0.6 is 0 Å². The number of rotatable bonds is 12. The second kappa shape index (κ2) is 20.2. The van der Waals surface area contributed by atoms with Crippen LogP contribution in [0.1, 0.15) is 132 Å². The molecule has 0 spiro atoms. The van der Waals surface area contributed by atoms with Crippen LogP contribution in [0.2, 0.25) is 0 Å². The van der Waals surface area contributed by atoms with Crippen LogP contribution in [0.25, 0.3) is 0 Å². The summed E-state index contributed by atoms with van der Waals surface area (Å²) in [5, 5.41) is 107. The van der Waals surface area contributed by atoms with Crippen molar-refractivity contribution in [1.82, 2.24) is 0 Å². The number of aliphatic hydroxyl groups is 10. The molecule has 0 aromatic carbocycles. The lowest BCUT2D eigenvalue weighted by Crippen LogP contribution is -2.67. The van der Waals surface area contributed by atoms with E-state index in [1.165, 1.54) is 5.57 Å². The van der Waals surface area contributed by atoms with Crippen molar-refractivity contribution >= 4 is 11.9 Å². The Hall–Kier alpha value is -1.92. The van der Waals surface area contributed by atoms with E-state index in [-0.39, 0.29) is 46.0 Å². The quantitative estimate of drug-likeness (QED) is 0.0573. The van der Waals surface area contributed by atoms with Crippen molar-refractivity contribution in [2.45, 2.75) is 231 Å². The second-order valence-corrected chi connectivity index (χ2v) is 24.7. The molecule has 3 heterocycles. The van der Waals surface area contributed by atoms with E-state index >= 15 is 0 Å². The zero-order valence-corrected chi connectivity index (χ0v) is 42.8. The van der Waals surface area contributed by atoms with Crippen molar-refractivity contribution in [2.75, 3.05) is 19.8 Å². The number of unbranched alkanes of at least 4 members (excludes halogenated alkanes) is 1. The molecule has 0 radical (unpaired) electrons. The van der Waals surface area contributed by atoms with Crippen LogP contribution in [0.4, 0.5) is 0 Å². The summed E-state index contributed by atoms with van der Waals surface area (Å²) in [6.07, 6.45) is -14.2. The van der Waals surface area contributed by atoms with Gasteiger partial charge in [0.1, 0.15) is 67.1 Å². The summed E-state index contributed by atoms with van der Waals surface area (Å²) in [6, 6.07) is 0. The summed E-state index contributed by atoms with van der Waals surface area (Å²) >= 11 is 0. The van der Waals surface area contributed by atoms with E-state index < -0.39 is 134 Å². The molecular weight excluding hydrogens is 929 g/mol. The summed E-state index contributed by atoms with van der Waals surface area (Å²) in [5.41, 5.74) is -0.962. The number of esters is 2. The Morgan fingerprint density at radius 2 is 1.28 bits per heavy atom. The molecule has 19 heteroatoms. The molecular formula is C52H84O19. The molecule has 8 rings (SSSR count). The number of fused-ring (bicyclic) bond motifs is 7. The second-order valence-electron chi connectivity index (χ2n) is 24.7. The first-order chi connectivity index (χ1) is 33.3. The van der Waals surface area contributed by atoms with Crippen molar-refractivity contribution < 1.29 is 93.8 Å². The third-order valence-corrected chi connectivity index (χ3v) is 20.0. The fourth-order valence-corrected chi connectivity index (χ4v) is 15.4. The SMILES string of the molecule is CCCCOC(=O)[C@H]1O[C@@H](O[C@H]2CC[C@]3(C)[C@H]4CC=C5[C@@H]6CC(C)(C)CC[C@]6(C(=O)O[C@@H]6O[C@H](CO)[C@@H](O)[C@H](O)[C@H]6O)CC[C@@]5(C)[C@]4(C)CC[C@H]3C2(C)C)[C@H](O[C@@H]2O[C@H](CO)[C@@H](O)[C@H](O)[C@H]2O)[C@@H](O)[C@@H]1O. The maximum absolute atomic E-state index is 14.7. The third-order valence-electron chi connectivity index (χ3n) is 20.0. The van der Waals surface area contributed by atoms with Gasteiger partial charge in [0.05, 0.1) is 31.3 Å². The maximum Gasteiger partial charge on any atom is 0.338 e. The molecule has 4 saturated carbocycles. The lowest BCUT2D eigenvalue weighted by atomic mass is 9.33. The van der Waals surface area contributed by atoms with Crippen LogP contribution in [-0.2, 0) is 42.7 Å². The van der Waals surface area contributed by atoms with Gasteiger partial charge in [-0.15, -0.1) is 0 Å². The normalized spacial score (nSPS) is 50.3. The fourth-order valence-electron chi connectivity index (χ4n) is 15.4. The highest BCUT2D eigenvalue weighted by Gasteiger charge is 2.70. The first-order valence-electron chi connectivity index (χ1n) is 26.3. The summed E-state index contributed by atoms with van der Waals surface area (Å²) in [4.78, 5) is 28.1. The standard InChI is InChI=1S/C52H84O19/c1-9-10-21-65-42(63)40-36(59)37(60)41(70-43-38(61)34(57)32(55)27(23-53)66-43)45(69-40)68-31-14-15-49(6)29(48(31,4)5)13-16-51(8)30(49)12-11-25-26-22-47(2,3)17-19-52(26,20-18-50(25,51)7)46(64)71-44-39(62)35(58)33(56)28(24-54)67-44/h11,26-41,43-45,53-62H,9-10,12-24H2,1-8H3/t26-,27+,28+,29-,30+,31-,32+,33+,34-,35-,36-,37-,38+,39+,40-,41+,43-,44-,45+,49-,50+,51+,52-/m0/s1. The molecule has 23 atom stereocenters. The predicted octanol–water partition coefficient (Wildman–Crippen LogP) is 1.49. The van der Waals surface area contributed by atoms with Gasteiger partial charge in [0.15, 0.2) is 18.7 Å². The molecule has 19 nitrogen and oxygen atoms in total. The van der Waals surface area contributed by atoms with Gasteiger partial charge in [-0.1, -0.05) is 73.5 Å². The average molecular weight is 1010 g/mol. The Bertz CT molecular complexity index is 1940. The zero-order chi connectivity index (χ0) is 52.0. The van der Waals surface area contributed by atoms with E-state index in [1.807, 2.05) is 6.92 Å². The number of ether oxygens (including phenoxy) is 7. The van der Waals surface area contributed by atoms with E-state index in [0.29, 0.717) is 32.1 Å². The number of hydrogen-bond acceptors (Lipinski definition) is 19. The lowest BCUT2D eigenvalue weighted by molar-refractivity contribution is -0.374. The van der Waals surface area contributed by atoms with Crippen LogP contribution in [0.3, 0.4) is 0 Å². The van der Waals surface area contributed by atoms with Crippen molar-refractivity contribution in [2.24, 2.45) is 50.2 Å². The smallest absolute Gasteiger partial charge is 0.338 e. The summed E-state index contributed by atoms with van der Waals surface area (Å²) in [6.45, 7) is 16.6. The van der Waals surface area contributed by atoms with Gasteiger partial charge in [-0.25, -0.2) is 4.79 Å². The number of hydrogen-bond donors (Lipinski definition) is 10. The number of carbonyl (C=O) groups is 2. The molecule has 3 saturated heterocycles. The highest BCUT2D eigenvalue weighted by Crippen LogP contribution is 2.76. The van der Waals surface area contributed by atoms with Gasteiger partial charge in [-0.05, 0) is 115 Å². The molecule has 10 N–H and O–H groups in total. The molecule has 406 valence electrons. The van der Waals surface area contributed by atoms with Crippen LogP contribution in [-0.4, -0.2) is 181 Å². The number of allylic oxidation sites excluding steroid dienone is 2. The largest absolute Gasteiger partial charge is 0.464 e. The Balaban J connectivity index is 1.05. The zero-order valence-electron chi connectivity index (χ0n) is 42.8. The van der Waals surface area contributed by atoms with Gasteiger partial charge >= 0.3 is 11.9 Å². The van der Waals surface area contributed by atoms with E-state index in [9.17, 15) is 60.7 Å². The van der Waals surface area contributed by atoms with Gasteiger partial charge in [0.2, 0.25) is 6.29 Å². The summed E-state index contributed by atoms with van der Waals surface area (Å²) in [7, 11) is 0. The van der Waals surface area contributed by atoms with Crippen molar-refractivity contribution in [3.8, 4) is 0 Å². The highest BCUT2D eigenvalue weighted by molar-refractivity contribution is 5.79. The van der Waals surface area contributed by atoms with E-state index in [0.717, 1.165) is 44.9 Å². The Kier molecular flexibility index (Phi) is 15.8. The minimum atomic E-state index is -1.85. The minimum Gasteiger partial charge on any atom is -0.464 e. The van der Waals surface area contributed by atoms with Crippen LogP contribution in [0.5, 0.6) is 0 Å². The van der Waals surface area contributed by atoms with Crippen LogP contribution in [0.15, 0.2) is 11.6 Å². The van der Waals surface area contributed by atoms with Crippen LogP contribution in [0, 0.1) is 50.2 Å². The van der Waals surface area contributed by atoms with E-state index in [4.69, 9.17) is 33.2 Å². The Morgan fingerprint density at radius 1 is 0.662 bits per heavy atom. The molecule has 0 amide bonds. The van der Waals surface area contributed by atoms with E-state index in [1.54, 1.807) is 0 Å². The lowest BCUT2D eigenvalue weighted by Gasteiger charge is -2.71. The monoisotopic (exact) mass is 1010 g/mol. The van der Waals surface area contributed by atoms with Crippen molar-refractivity contribution in [3.63, 3.8) is 0 Å². The molecule has 0 aromatic heterocycles. The third kappa shape index (κ3) is 9.17. The van der Waals surface area contributed by atoms with Gasteiger partial charge in [-0.3, -0.25) is 4.79 Å². The van der Waals surface area contributed by atoms with Crippen LogP contribution < -0.4 is 0 Å². The topological polar surface area (TPSA) is 301 Å². The minimum absolute atomic E-state index is 0.0671. The molecule has 0 aromatic rings. The predicted molar refractivity (Wildman–Crippen MR) is 249 cm³/mol. The molecule has 0 bridgehead atoms. The molecule has 5 aliphatic carbocycles. The first kappa shape index (κ1) is 55.3. The Labute approximate surface area is 417 Å². The van der Waals surface area contributed by atoms with Gasteiger partial charge in [0, 0.05) is 0 Å². The molecule has 0 unspecified atom stereocenters. The highest BCUT2D eigenvalue weighted by atomic mass is 16.8. The summed E-state index contributed by atoms with van der Waals surface area (Å²) < 4.78 is 41.9. The Morgan fingerprint density at radius 3 is 1.92 bits per heavy atom. The molecule has 3 aliphatic heterocycles. The fraction of sp³-hybridized carbons (Fsp3) is 0.923. The van der Waals surface area contributed by atoms with Gasteiger partial charge in [-0.2, -0.15) is 0 Å². The first-order valence-corrected chi connectivity index (χ1v) is 26.3. The van der Waals surface area contributed by atoms with Gasteiger partial charge in [0.25, 0.3) is 0 Å². The van der Waals surface area contributed by atoms with Gasteiger partial charge < -0.3 is 84.2 Å². The van der Waals surface area contributed by atoms with E-state index in [2.05, 4.69) is 54.5 Å². The maximum atomic E-state index is 14.7. The molecule has 71 heavy (non-hydrogen) atoms. The summed E-state index contributed by atoms with van der Waals surface area (Å²) in [5.74, 6) is -1.24. The average Bonchev–Trinajstić information content (AvgIpc) is 3.32. The number of aliphatic hydroxyl groups excluding tert-OH is 10. The van der Waals surface area contributed by atoms with Crippen molar-refractivity contribution in [1.29, 1.82) is 0 Å².